The Hall–Kier alpha value is -4.75. The third kappa shape index (κ3) is 4.12. The maximum absolute atomic E-state index is 11.2. The molecule has 1 aliphatic rings. The van der Waals surface area contributed by atoms with Gasteiger partial charge in [-0.2, -0.15) is 5.26 Å². The van der Waals surface area contributed by atoms with Crippen molar-refractivity contribution < 1.29 is 14.4 Å². The molecule has 4 aromatic rings. The summed E-state index contributed by atoms with van der Waals surface area (Å²) in [6.45, 7) is 0. The highest BCUT2D eigenvalue weighted by atomic mass is 32.2. The monoisotopic (exact) mass is 497 g/mol. The van der Waals surface area contributed by atoms with E-state index in [9.17, 15) is 15.4 Å². The summed E-state index contributed by atoms with van der Waals surface area (Å²) in [6.07, 6.45) is 0. The van der Waals surface area contributed by atoms with E-state index in [-0.39, 0.29) is 5.69 Å². The van der Waals surface area contributed by atoms with Crippen LogP contribution in [0.5, 0.6) is 11.5 Å². The number of anilines is 1. The van der Waals surface area contributed by atoms with E-state index in [2.05, 4.69) is 16.0 Å². The molecule has 178 valence electrons. The number of nitro groups is 1. The molecule has 0 radical (unpaired) electrons. The molecule has 0 spiro atoms. The van der Waals surface area contributed by atoms with Crippen molar-refractivity contribution in [2.75, 3.05) is 19.1 Å². The predicted octanol–water partition coefficient (Wildman–Crippen LogP) is 5.93. The summed E-state index contributed by atoms with van der Waals surface area (Å²) in [5, 5.41) is 24.0. The Bertz CT molecular complexity index is 1570. The molecule has 2 heterocycles. The molecule has 3 aromatic carbocycles. The topological polar surface area (TPSA) is 117 Å². The standard InChI is InChI=1S/C26H19N5O4S/c1-34-19-8-3-16(4-9-19)24-15-36-26(30(24)17-5-10-20(35-2)11-6-17)21(14-27)25-28-22-12-7-18(31(32)33)13-23(22)29-25/h3-13,15H,1-2H3,(H,28,29)/b26-21+. The first-order valence-corrected chi connectivity index (χ1v) is 11.6. The molecule has 0 amide bonds. The van der Waals surface area contributed by atoms with Crippen molar-refractivity contribution in [3.63, 3.8) is 0 Å². The molecule has 1 aliphatic heterocycles. The van der Waals surface area contributed by atoms with Crippen LogP contribution in [0.2, 0.25) is 0 Å². The molecule has 36 heavy (non-hydrogen) atoms. The number of methoxy groups -OCH3 is 2. The van der Waals surface area contributed by atoms with Gasteiger partial charge in [-0.3, -0.25) is 10.1 Å². The van der Waals surface area contributed by atoms with Gasteiger partial charge in [-0.05, 0) is 60.2 Å². The third-order valence-electron chi connectivity index (χ3n) is 5.68. The predicted molar refractivity (Wildman–Crippen MR) is 139 cm³/mol. The minimum atomic E-state index is -0.465. The van der Waals surface area contributed by atoms with Gasteiger partial charge in [0.1, 0.15) is 28.2 Å². The van der Waals surface area contributed by atoms with Gasteiger partial charge in [0.15, 0.2) is 5.82 Å². The van der Waals surface area contributed by atoms with E-state index in [1.807, 2.05) is 58.8 Å². The molecule has 1 aromatic heterocycles. The number of benzene rings is 3. The summed E-state index contributed by atoms with van der Waals surface area (Å²) in [5.74, 6) is 1.79. The van der Waals surface area contributed by atoms with Gasteiger partial charge < -0.3 is 19.4 Å². The quantitative estimate of drug-likeness (QED) is 0.198. The molecule has 0 saturated carbocycles. The molecule has 10 heteroatoms. The van der Waals surface area contributed by atoms with Gasteiger partial charge in [-0.15, -0.1) is 0 Å². The van der Waals surface area contributed by atoms with Crippen LogP contribution in [-0.4, -0.2) is 29.1 Å². The maximum atomic E-state index is 11.2. The number of aromatic amines is 1. The zero-order chi connectivity index (χ0) is 25.2. The molecular formula is C26H19N5O4S. The molecule has 0 atom stereocenters. The highest BCUT2D eigenvalue weighted by Gasteiger charge is 2.29. The van der Waals surface area contributed by atoms with Crippen LogP contribution < -0.4 is 14.4 Å². The van der Waals surface area contributed by atoms with Crippen LogP contribution in [0.1, 0.15) is 11.4 Å². The van der Waals surface area contributed by atoms with Crippen molar-refractivity contribution in [3.8, 4) is 17.6 Å². The first kappa shape index (κ1) is 23.0. The zero-order valence-electron chi connectivity index (χ0n) is 19.3. The van der Waals surface area contributed by atoms with Gasteiger partial charge in [-0.25, -0.2) is 4.98 Å². The Labute approximate surface area is 210 Å². The lowest BCUT2D eigenvalue weighted by atomic mass is 10.1. The summed E-state index contributed by atoms with van der Waals surface area (Å²) < 4.78 is 10.6. The Morgan fingerprint density at radius 3 is 2.33 bits per heavy atom. The lowest BCUT2D eigenvalue weighted by molar-refractivity contribution is -0.384. The third-order valence-corrected chi connectivity index (χ3v) is 6.63. The fraction of sp³-hybridized carbons (Fsp3) is 0.0769. The number of fused-ring (bicyclic) bond motifs is 1. The van der Waals surface area contributed by atoms with Gasteiger partial charge in [0, 0.05) is 23.2 Å². The van der Waals surface area contributed by atoms with Crippen molar-refractivity contribution in [3.05, 3.63) is 98.7 Å². The first-order chi connectivity index (χ1) is 17.5. The van der Waals surface area contributed by atoms with E-state index in [4.69, 9.17) is 9.47 Å². The fourth-order valence-electron chi connectivity index (χ4n) is 3.88. The number of nitrogens with one attached hydrogen (secondary N) is 1. The summed E-state index contributed by atoms with van der Waals surface area (Å²) >= 11 is 1.40. The van der Waals surface area contributed by atoms with Crippen LogP contribution in [0.25, 0.3) is 22.3 Å². The number of nitro benzene ring substituents is 1. The minimum Gasteiger partial charge on any atom is -0.497 e. The van der Waals surface area contributed by atoms with Gasteiger partial charge in [0.05, 0.1) is 35.9 Å². The Balaban J connectivity index is 1.64. The lowest BCUT2D eigenvalue weighted by Gasteiger charge is -2.25. The molecular weight excluding hydrogens is 478 g/mol. The molecule has 0 unspecified atom stereocenters. The average Bonchev–Trinajstić information content (AvgIpc) is 3.53. The summed E-state index contributed by atoms with van der Waals surface area (Å²) in [4.78, 5) is 20.3. The lowest BCUT2D eigenvalue weighted by Crippen LogP contribution is -2.17. The van der Waals surface area contributed by atoms with Crippen LogP contribution in [0, 0.1) is 21.4 Å². The van der Waals surface area contributed by atoms with Crippen LogP contribution in [0.4, 0.5) is 11.4 Å². The van der Waals surface area contributed by atoms with E-state index in [1.54, 1.807) is 20.3 Å². The second-order valence-corrected chi connectivity index (χ2v) is 8.58. The van der Waals surface area contributed by atoms with Gasteiger partial charge in [0.2, 0.25) is 0 Å². The number of nitriles is 1. The number of allylic oxidation sites excluding steroid dienone is 1. The summed E-state index contributed by atoms with van der Waals surface area (Å²) in [7, 11) is 3.22. The van der Waals surface area contributed by atoms with Gasteiger partial charge >= 0.3 is 0 Å². The number of ether oxygens (including phenoxy) is 2. The molecule has 9 nitrogen and oxygen atoms in total. The zero-order valence-corrected chi connectivity index (χ0v) is 20.1. The van der Waals surface area contributed by atoms with Crippen LogP contribution in [-0.2, 0) is 0 Å². The SMILES string of the molecule is COc1ccc(C2=CS/C(=C(\C#N)c3nc4ccc([N+](=O)[O-])cc4[nH]3)N2c2ccc(OC)cc2)cc1. The Morgan fingerprint density at radius 1 is 1.06 bits per heavy atom. The largest absolute Gasteiger partial charge is 0.497 e. The molecule has 0 saturated heterocycles. The van der Waals surface area contributed by atoms with E-state index in [0.717, 1.165) is 22.7 Å². The molecule has 0 aliphatic carbocycles. The highest BCUT2D eigenvalue weighted by molar-refractivity contribution is 8.06. The van der Waals surface area contributed by atoms with E-state index in [1.165, 1.54) is 23.9 Å². The van der Waals surface area contributed by atoms with Crippen molar-refractivity contribution in [1.29, 1.82) is 5.26 Å². The number of thioether (sulfide) groups is 1. The van der Waals surface area contributed by atoms with E-state index < -0.39 is 4.92 Å². The van der Waals surface area contributed by atoms with Crippen LogP contribution in [0.3, 0.4) is 0 Å². The van der Waals surface area contributed by atoms with Crippen molar-refractivity contribution in [2.24, 2.45) is 0 Å². The number of nitrogens with zero attached hydrogens (tertiary/aromatic N) is 4. The number of H-pyrrole nitrogens is 1. The molecule has 5 rings (SSSR count). The number of imidazole rings is 1. The number of hydrogen-bond donors (Lipinski definition) is 1. The Morgan fingerprint density at radius 2 is 1.72 bits per heavy atom. The first-order valence-electron chi connectivity index (χ1n) is 10.8. The number of non-ortho nitro benzene ring substituents is 1. The fourth-order valence-corrected chi connectivity index (χ4v) is 4.91. The molecule has 0 bridgehead atoms. The average molecular weight is 498 g/mol. The van der Waals surface area contributed by atoms with Crippen LogP contribution in [0.15, 0.2) is 77.2 Å². The minimum absolute atomic E-state index is 0.0533. The smallest absolute Gasteiger partial charge is 0.271 e. The summed E-state index contributed by atoms with van der Waals surface area (Å²) in [5.41, 5.74) is 3.92. The highest BCUT2D eigenvalue weighted by Crippen LogP contribution is 2.46. The van der Waals surface area contributed by atoms with Gasteiger partial charge in [-0.1, -0.05) is 11.8 Å². The van der Waals surface area contributed by atoms with E-state index in [0.29, 0.717) is 33.2 Å². The molecule has 0 fully saturated rings. The number of aromatic nitrogens is 2. The van der Waals surface area contributed by atoms with Crippen molar-refractivity contribution in [2.45, 2.75) is 0 Å². The van der Waals surface area contributed by atoms with Crippen LogP contribution >= 0.6 is 11.8 Å². The van der Waals surface area contributed by atoms with E-state index >= 15 is 0 Å². The number of rotatable bonds is 6. The summed E-state index contributed by atoms with van der Waals surface area (Å²) in [6, 6.07) is 21.9. The van der Waals surface area contributed by atoms with Gasteiger partial charge in [0.25, 0.3) is 5.69 Å². The second kappa shape index (κ2) is 9.48. The normalized spacial score (nSPS) is 14.4. The number of hydrogen-bond acceptors (Lipinski definition) is 8. The molecule has 1 N–H and O–H groups in total. The maximum Gasteiger partial charge on any atom is 0.271 e. The van der Waals surface area contributed by atoms with Crippen molar-refractivity contribution >= 4 is 45.4 Å². The Kier molecular flexibility index (Phi) is 6.06. The second-order valence-electron chi connectivity index (χ2n) is 7.72. The van der Waals surface area contributed by atoms with Crippen molar-refractivity contribution in [1.82, 2.24) is 9.97 Å².